The van der Waals surface area contributed by atoms with Crippen LogP contribution in [0.1, 0.15) is 44.4 Å². The van der Waals surface area contributed by atoms with E-state index in [1.807, 2.05) is 0 Å². The first-order chi connectivity index (χ1) is 9.47. The molecule has 1 fully saturated rings. The maximum Gasteiger partial charge on any atom is 0.0380 e. The molecule has 1 aromatic rings. The quantitative estimate of drug-likeness (QED) is 0.889. The van der Waals surface area contributed by atoms with E-state index in [1.54, 1.807) is 0 Å². The van der Waals surface area contributed by atoms with Crippen LogP contribution < -0.4 is 5.32 Å². The summed E-state index contributed by atoms with van der Waals surface area (Å²) in [6.07, 6.45) is 2.47. The van der Waals surface area contributed by atoms with E-state index in [2.05, 4.69) is 62.3 Å². The third kappa shape index (κ3) is 2.51. The van der Waals surface area contributed by atoms with Crippen molar-refractivity contribution in [3.63, 3.8) is 0 Å². The number of hydrogen-bond donors (Lipinski definition) is 1. The molecule has 1 aliphatic carbocycles. The van der Waals surface area contributed by atoms with Crippen molar-refractivity contribution in [2.75, 3.05) is 20.1 Å². The highest BCUT2D eigenvalue weighted by molar-refractivity contribution is 5.37. The van der Waals surface area contributed by atoms with Crippen LogP contribution in [0.2, 0.25) is 0 Å². The zero-order chi connectivity index (χ0) is 14.3. The smallest absolute Gasteiger partial charge is 0.0380 e. The van der Waals surface area contributed by atoms with Crippen LogP contribution in [0.25, 0.3) is 0 Å². The summed E-state index contributed by atoms with van der Waals surface area (Å²) < 4.78 is 0. The number of benzene rings is 1. The van der Waals surface area contributed by atoms with Crippen molar-refractivity contribution < 1.29 is 0 Å². The van der Waals surface area contributed by atoms with Crippen LogP contribution in [0.4, 0.5) is 0 Å². The summed E-state index contributed by atoms with van der Waals surface area (Å²) in [5.41, 5.74) is 3.39. The Bertz CT molecular complexity index is 480. The van der Waals surface area contributed by atoms with E-state index in [0.717, 1.165) is 5.92 Å². The van der Waals surface area contributed by atoms with Gasteiger partial charge in [-0.1, -0.05) is 45.0 Å². The van der Waals surface area contributed by atoms with Gasteiger partial charge in [-0.05, 0) is 48.9 Å². The molecule has 20 heavy (non-hydrogen) atoms. The Morgan fingerprint density at radius 3 is 2.75 bits per heavy atom. The van der Waals surface area contributed by atoms with Crippen LogP contribution in [0.3, 0.4) is 0 Å². The average molecular weight is 272 g/mol. The minimum atomic E-state index is 0.326. The van der Waals surface area contributed by atoms with E-state index >= 15 is 0 Å². The predicted octanol–water partition coefficient (Wildman–Crippen LogP) is 3.24. The molecule has 0 amide bonds. The summed E-state index contributed by atoms with van der Waals surface area (Å²) in [5, 5.41) is 4.01. The lowest BCUT2D eigenvalue weighted by atomic mass is 9.83. The third-order valence-corrected chi connectivity index (χ3v) is 5.28. The number of nitrogens with zero attached hydrogens (tertiary/aromatic N) is 1. The molecular weight excluding hydrogens is 244 g/mol. The van der Waals surface area contributed by atoms with Crippen molar-refractivity contribution in [1.82, 2.24) is 10.2 Å². The number of nitrogens with one attached hydrogen (secondary N) is 1. The largest absolute Gasteiger partial charge is 0.306 e. The number of likely N-dealkylation sites (tertiary alicyclic amines) is 1. The fourth-order valence-corrected chi connectivity index (χ4v) is 4.12. The molecule has 1 aliphatic heterocycles. The maximum atomic E-state index is 4.01. The molecule has 3 atom stereocenters. The van der Waals surface area contributed by atoms with E-state index in [4.69, 9.17) is 0 Å². The van der Waals surface area contributed by atoms with E-state index in [0.29, 0.717) is 17.5 Å². The molecule has 0 saturated carbocycles. The van der Waals surface area contributed by atoms with Gasteiger partial charge in [0.15, 0.2) is 0 Å². The molecule has 2 heteroatoms. The van der Waals surface area contributed by atoms with Crippen LogP contribution in [0.5, 0.6) is 0 Å². The summed E-state index contributed by atoms with van der Waals surface area (Å²) in [4.78, 5) is 2.45. The number of rotatable bonds is 2. The molecule has 2 nitrogen and oxygen atoms in total. The fraction of sp³-hybridized carbons (Fsp3) is 0.667. The van der Waals surface area contributed by atoms with Gasteiger partial charge in [0.2, 0.25) is 0 Å². The van der Waals surface area contributed by atoms with Crippen molar-refractivity contribution in [3.05, 3.63) is 35.4 Å². The molecule has 110 valence electrons. The van der Waals surface area contributed by atoms with Crippen molar-refractivity contribution in [2.45, 2.75) is 45.7 Å². The second-order valence-electron chi connectivity index (χ2n) is 7.60. The fourth-order valence-electron chi connectivity index (χ4n) is 4.12. The van der Waals surface area contributed by atoms with Crippen molar-refractivity contribution in [1.29, 1.82) is 0 Å². The summed E-state index contributed by atoms with van der Waals surface area (Å²) >= 11 is 0. The zero-order valence-corrected chi connectivity index (χ0v) is 13.3. The summed E-state index contributed by atoms with van der Waals surface area (Å²) in [7, 11) is 2.24. The Morgan fingerprint density at radius 2 is 2.00 bits per heavy atom. The van der Waals surface area contributed by atoms with Crippen LogP contribution >= 0.6 is 0 Å². The Morgan fingerprint density at radius 1 is 1.25 bits per heavy atom. The first-order valence-electron chi connectivity index (χ1n) is 8.00. The van der Waals surface area contributed by atoms with Crippen molar-refractivity contribution >= 4 is 0 Å². The van der Waals surface area contributed by atoms with Crippen molar-refractivity contribution in [2.24, 2.45) is 11.3 Å². The molecule has 1 aromatic carbocycles. The van der Waals surface area contributed by atoms with E-state index in [-0.39, 0.29) is 0 Å². The minimum absolute atomic E-state index is 0.326. The first kappa shape index (κ1) is 14.1. The molecular formula is C18H28N2. The number of fused-ring (bicyclic) bond motifs is 1. The van der Waals surface area contributed by atoms with Crippen LogP contribution in [0.15, 0.2) is 24.3 Å². The lowest BCUT2D eigenvalue weighted by molar-refractivity contribution is 0.142. The Labute approximate surface area is 123 Å². The lowest BCUT2D eigenvalue weighted by Crippen LogP contribution is -2.49. The third-order valence-electron chi connectivity index (χ3n) is 5.28. The summed E-state index contributed by atoms with van der Waals surface area (Å²) in [6.45, 7) is 9.64. The molecule has 0 bridgehead atoms. The lowest BCUT2D eigenvalue weighted by Gasteiger charge is -2.40. The molecule has 3 unspecified atom stereocenters. The van der Waals surface area contributed by atoms with Gasteiger partial charge in [-0.15, -0.1) is 0 Å². The van der Waals surface area contributed by atoms with Gasteiger partial charge < -0.3 is 10.2 Å². The predicted molar refractivity (Wildman–Crippen MR) is 84.9 cm³/mol. The van der Waals surface area contributed by atoms with Crippen LogP contribution in [-0.2, 0) is 6.42 Å². The monoisotopic (exact) mass is 272 g/mol. The highest BCUT2D eigenvalue weighted by atomic mass is 15.1. The van der Waals surface area contributed by atoms with Gasteiger partial charge in [0.25, 0.3) is 0 Å². The van der Waals surface area contributed by atoms with E-state index in [9.17, 15) is 0 Å². The Kier molecular flexibility index (Phi) is 3.64. The standard InChI is InChI=1S/C18H28N2/c1-13-12-20(4)10-9-16(13)19-17-15-8-6-5-7-14(15)11-18(17,2)3/h5-8,13,16-17,19H,9-12H2,1-4H3. The number of piperidine rings is 1. The second-order valence-corrected chi connectivity index (χ2v) is 7.60. The molecule has 1 heterocycles. The summed E-state index contributed by atoms with van der Waals surface area (Å²) in [5.74, 6) is 0.734. The van der Waals surface area contributed by atoms with Gasteiger partial charge in [0.05, 0.1) is 0 Å². The van der Waals surface area contributed by atoms with Gasteiger partial charge in [-0.3, -0.25) is 0 Å². The van der Waals surface area contributed by atoms with Gasteiger partial charge >= 0.3 is 0 Å². The van der Waals surface area contributed by atoms with Crippen LogP contribution in [0, 0.1) is 11.3 Å². The molecule has 2 aliphatic rings. The van der Waals surface area contributed by atoms with E-state index < -0.39 is 0 Å². The van der Waals surface area contributed by atoms with Crippen molar-refractivity contribution in [3.8, 4) is 0 Å². The summed E-state index contributed by atoms with van der Waals surface area (Å²) in [6, 6.07) is 10.1. The highest BCUT2D eigenvalue weighted by Crippen LogP contribution is 2.45. The van der Waals surface area contributed by atoms with Gasteiger partial charge in [0.1, 0.15) is 0 Å². The van der Waals surface area contributed by atoms with Crippen LogP contribution in [-0.4, -0.2) is 31.1 Å². The molecule has 1 N–H and O–H groups in total. The highest BCUT2D eigenvalue weighted by Gasteiger charge is 2.40. The molecule has 0 aromatic heterocycles. The van der Waals surface area contributed by atoms with Gasteiger partial charge in [-0.2, -0.15) is 0 Å². The normalized spacial score (nSPS) is 33.1. The zero-order valence-electron chi connectivity index (χ0n) is 13.3. The average Bonchev–Trinajstić information content (AvgIpc) is 2.63. The SMILES string of the molecule is CC1CN(C)CCC1NC1c2ccccc2CC1(C)C. The first-order valence-corrected chi connectivity index (χ1v) is 8.00. The maximum absolute atomic E-state index is 4.01. The second kappa shape index (κ2) is 5.16. The Balaban J connectivity index is 1.79. The molecule has 0 radical (unpaired) electrons. The van der Waals surface area contributed by atoms with Gasteiger partial charge in [0, 0.05) is 18.6 Å². The topological polar surface area (TPSA) is 15.3 Å². The molecule has 3 rings (SSSR count). The molecule has 1 saturated heterocycles. The van der Waals surface area contributed by atoms with E-state index in [1.165, 1.54) is 37.1 Å². The number of hydrogen-bond acceptors (Lipinski definition) is 2. The van der Waals surface area contributed by atoms with Gasteiger partial charge in [-0.25, -0.2) is 0 Å². The minimum Gasteiger partial charge on any atom is -0.306 e. The Hall–Kier alpha value is -0.860. The molecule has 0 spiro atoms.